The monoisotopic (exact) mass is 211 g/mol. The molecule has 1 aliphatic carbocycles. The second kappa shape index (κ2) is 4.94. The fraction of sp³-hybridized carbons (Fsp3) is 0.909. The van der Waals surface area contributed by atoms with Crippen molar-refractivity contribution in [3.8, 4) is 0 Å². The van der Waals surface area contributed by atoms with Crippen molar-refractivity contribution in [1.29, 1.82) is 0 Å². The quantitative estimate of drug-likeness (QED) is 0.697. The maximum absolute atomic E-state index is 11.6. The van der Waals surface area contributed by atoms with E-state index in [2.05, 4.69) is 10.2 Å². The van der Waals surface area contributed by atoms with Gasteiger partial charge >= 0.3 is 0 Å². The maximum Gasteiger partial charge on any atom is 0.236 e. The molecule has 0 unspecified atom stereocenters. The number of amides is 1. The Bertz CT molecular complexity index is 220. The van der Waals surface area contributed by atoms with Crippen molar-refractivity contribution in [1.82, 2.24) is 15.1 Å². The van der Waals surface area contributed by atoms with Gasteiger partial charge in [-0.3, -0.25) is 9.69 Å². The van der Waals surface area contributed by atoms with Crippen LogP contribution < -0.4 is 5.32 Å². The number of carbonyl (C=O) groups is 1. The molecule has 1 saturated carbocycles. The van der Waals surface area contributed by atoms with Crippen LogP contribution in [0.2, 0.25) is 0 Å². The standard InChI is InChI=1S/C11H21N3O/c1-12-8-11(15)14-6-4-13(5-7-14)9-10-2-3-10/h10,12H,2-9H2,1H3. The molecule has 0 atom stereocenters. The molecule has 86 valence electrons. The van der Waals surface area contributed by atoms with E-state index in [1.54, 1.807) is 0 Å². The molecule has 0 aromatic heterocycles. The van der Waals surface area contributed by atoms with Gasteiger partial charge in [-0.05, 0) is 25.8 Å². The summed E-state index contributed by atoms with van der Waals surface area (Å²) in [5.74, 6) is 1.20. The Kier molecular flexibility index (Phi) is 3.59. The van der Waals surface area contributed by atoms with E-state index in [-0.39, 0.29) is 5.91 Å². The Morgan fingerprint density at radius 3 is 2.47 bits per heavy atom. The van der Waals surface area contributed by atoms with E-state index in [0.29, 0.717) is 6.54 Å². The van der Waals surface area contributed by atoms with Gasteiger partial charge in [-0.15, -0.1) is 0 Å². The Hall–Kier alpha value is -0.610. The third kappa shape index (κ3) is 3.18. The summed E-state index contributed by atoms with van der Waals surface area (Å²) >= 11 is 0. The molecular formula is C11H21N3O. The van der Waals surface area contributed by atoms with E-state index < -0.39 is 0 Å². The Labute approximate surface area is 91.6 Å². The smallest absolute Gasteiger partial charge is 0.236 e. The molecule has 0 aromatic carbocycles. The zero-order valence-corrected chi connectivity index (χ0v) is 9.54. The SMILES string of the molecule is CNCC(=O)N1CCN(CC2CC2)CC1. The van der Waals surface area contributed by atoms with Gasteiger partial charge in [-0.25, -0.2) is 0 Å². The molecule has 1 saturated heterocycles. The molecule has 0 radical (unpaired) electrons. The fourth-order valence-corrected chi connectivity index (χ4v) is 2.11. The zero-order chi connectivity index (χ0) is 10.7. The second-order valence-corrected chi connectivity index (χ2v) is 4.66. The minimum absolute atomic E-state index is 0.239. The minimum Gasteiger partial charge on any atom is -0.339 e. The molecule has 15 heavy (non-hydrogen) atoms. The second-order valence-electron chi connectivity index (χ2n) is 4.66. The van der Waals surface area contributed by atoms with Gasteiger partial charge in [0.15, 0.2) is 0 Å². The molecule has 0 spiro atoms. The lowest BCUT2D eigenvalue weighted by Gasteiger charge is -2.34. The Balaban J connectivity index is 1.68. The van der Waals surface area contributed by atoms with Crippen LogP contribution in [-0.4, -0.2) is 62.0 Å². The summed E-state index contributed by atoms with van der Waals surface area (Å²) in [6, 6.07) is 0. The fourth-order valence-electron chi connectivity index (χ4n) is 2.11. The number of carbonyl (C=O) groups excluding carboxylic acids is 1. The van der Waals surface area contributed by atoms with Crippen LogP contribution >= 0.6 is 0 Å². The predicted molar refractivity (Wildman–Crippen MR) is 59.7 cm³/mol. The summed E-state index contributed by atoms with van der Waals surface area (Å²) in [6.45, 7) is 5.68. The number of hydrogen-bond donors (Lipinski definition) is 1. The first-order valence-electron chi connectivity index (χ1n) is 5.94. The van der Waals surface area contributed by atoms with Crippen molar-refractivity contribution in [2.24, 2.45) is 5.92 Å². The van der Waals surface area contributed by atoms with Gasteiger partial charge in [0, 0.05) is 32.7 Å². The summed E-state index contributed by atoms with van der Waals surface area (Å²) in [4.78, 5) is 16.1. The first-order chi connectivity index (χ1) is 7.29. The molecule has 2 fully saturated rings. The van der Waals surface area contributed by atoms with Gasteiger partial charge in [-0.1, -0.05) is 0 Å². The molecule has 4 nitrogen and oxygen atoms in total. The predicted octanol–water partition coefficient (Wildman–Crippen LogP) is -0.240. The van der Waals surface area contributed by atoms with Crippen LogP contribution in [0.3, 0.4) is 0 Å². The molecule has 4 heteroatoms. The van der Waals surface area contributed by atoms with Crippen molar-refractivity contribution >= 4 is 5.91 Å². The summed E-state index contributed by atoms with van der Waals surface area (Å²) < 4.78 is 0. The largest absolute Gasteiger partial charge is 0.339 e. The number of rotatable bonds is 4. The highest BCUT2D eigenvalue weighted by Crippen LogP contribution is 2.29. The van der Waals surface area contributed by atoms with E-state index in [0.717, 1.165) is 32.1 Å². The highest BCUT2D eigenvalue weighted by atomic mass is 16.2. The molecule has 1 amide bonds. The van der Waals surface area contributed by atoms with E-state index in [9.17, 15) is 4.79 Å². The van der Waals surface area contributed by atoms with Crippen LogP contribution in [0.4, 0.5) is 0 Å². The van der Waals surface area contributed by atoms with Gasteiger partial charge in [0.1, 0.15) is 0 Å². The molecule has 1 heterocycles. The van der Waals surface area contributed by atoms with Crippen molar-refractivity contribution < 1.29 is 4.79 Å². The number of nitrogens with zero attached hydrogens (tertiary/aromatic N) is 2. The highest BCUT2D eigenvalue weighted by Gasteiger charge is 2.27. The van der Waals surface area contributed by atoms with Gasteiger partial charge < -0.3 is 10.2 Å². The van der Waals surface area contributed by atoms with E-state index in [1.807, 2.05) is 11.9 Å². The summed E-state index contributed by atoms with van der Waals surface area (Å²) in [5, 5.41) is 2.91. The van der Waals surface area contributed by atoms with Gasteiger partial charge in [0.05, 0.1) is 6.54 Å². The third-order valence-corrected chi connectivity index (χ3v) is 3.27. The molecule has 1 aliphatic heterocycles. The highest BCUT2D eigenvalue weighted by molar-refractivity contribution is 5.78. The van der Waals surface area contributed by atoms with Crippen LogP contribution in [0.25, 0.3) is 0 Å². The van der Waals surface area contributed by atoms with E-state index >= 15 is 0 Å². The van der Waals surface area contributed by atoms with Crippen molar-refractivity contribution in [2.75, 3.05) is 46.3 Å². The lowest BCUT2D eigenvalue weighted by atomic mass is 10.2. The first-order valence-corrected chi connectivity index (χ1v) is 5.94. The van der Waals surface area contributed by atoms with Crippen LogP contribution in [0.15, 0.2) is 0 Å². The first kappa shape index (κ1) is 10.9. The molecular weight excluding hydrogens is 190 g/mol. The summed E-state index contributed by atoms with van der Waals surface area (Å²) in [5.41, 5.74) is 0. The topological polar surface area (TPSA) is 35.6 Å². The normalized spacial score (nSPS) is 23.1. The van der Waals surface area contributed by atoms with Gasteiger partial charge in [0.2, 0.25) is 5.91 Å². The van der Waals surface area contributed by atoms with Crippen molar-refractivity contribution in [3.05, 3.63) is 0 Å². The molecule has 0 bridgehead atoms. The molecule has 1 N–H and O–H groups in total. The lowest BCUT2D eigenvalue weighted by Crippen LogP contribution is -2.50. The van der Waals surface area contributed by atoms with Crippen molar-refractivity contribution in [2.45, 2.75) is 12.8 Å². The van der Waals surface area contributed by atoms with Crippen LogP contribution in [0.1, 0.15) is 12.8 Å². The summed E-state index contributed by atoms with van der Waals surface area (Å²) in [7, 11) is 1.82. The average molecular weight is 211 g/mol. The van der Waals surface area contributed by atoms with Crippen LogP contribution in [-0.2, 0) is 4.79 Å². The number of nitrogens with one attached hydrogen (secondary N) is 1. The zero-order valence-electron chi connectivity index (χ0n) is 9.54. The lowest BCUT2D eigenvalue weighted by molar-refractivity contribution is -0.131. The van der Waals surface area contributed by atoms with Gasteiger partial charge in [-0.2, -0.15) is 0 Å². The van der Waals surface area contributed by atoms with Crippen molar-refractivity contribution in [3.63, 3.8) is 0 Å². The number of piperazine rings is 1. The Morgan fingerprint density at radius 1 is 1.27 bits per heavy atom. The number of likely N-dealkylation sites (N-methyl/N-ethyl adjacent to an activating group) is 1. The number of hydrogen-bond acceptors (Lipinski definition) is 3. The molecule has 2 rings (SSSR count). The van der Waals surface area contributed by atoms with Crippen LogP contribution in [0.5, 0.6) is 0 Å². The average Bonchev–Trinajstić information content (AvgIpc) is 3.03. The maximum atomic E-state index is 11.6. The van der Waals surface area contributed by atoms with E-state index in [4.69, 9.17) is 0 Å². The Morgan fingerprint density at radius 2 is 1.93 bits per heavy atom. The van der Waals surface area contributed by atoms with Crippen LogP contribution in [0, 0.1) is 5.92 Å². The summed E-state index contributed by atoms with van der Waals surface area (Å²) in [6.07, 6.45) is 2.83. The third-order valence-electron chi connectivity index (χ3n) is 3.27. The van der Waals surface area contributed by atoms with E-state index in [1.165, 1.54) is 19.4 Å². The van der Waals surface area contributed by atoms with Gasteiger partial charge in [0.25, 0.3) is 0 Å². The molecule has 2 aliphatic rings. The minimum atomic E-state index is 0.239. The molecule has 0 aromatic rings.